The first kappa shape index (κ1) is 13.8. The Bertz CT molecular complexity index is 524. The molecule has 0 radical (unpaired) electrons. The second-order valence-electron chi connectivity index (χ2n) is 5.03. The van der Waals surface area contributed by atoms with Gasteiger partial charge in [-0.05, 0) is 34.8 Å². The maximum absolute atomic E-state index is 14.0. The van der Waals surface area contributed by atoms with Crippen molar-refractivity contribution in [1.82, 2.24) is 10.3 Å². The zero-order valence-electron chi connectivity index (χ0n) is 10.8. The highest BCUT2D eigenvalue weighted by Gasteiger charge is 2.34. The number of nitrogens with one attached hydrogen (secondary N) is 1. The molecule has 1 N–H and O–H groups in total. The van der Waals surface area contributed by atoms with Gasteiger partial charge in [0.05, 0.1) is 13.2 Å². The van der Waals surface area contributed by atoms with Crippen molar-refractivity contribution in [2.45, 2.75) is 24.9 Å². The molecule has 3 rings (SSSR count). The standard InChI is InChI=1S/C13H15BrFN3O2/c14-8-5-10(15)12(16-6-8)18-3-4-20-7-11(18)13(19)17-9-1-2-9/h5-6,9,11H,1-4,7H2,(H,17,19). The number of hydrogen-bond donors (Lipinski definition) is 1. The summed E-state index contributed by atoms with van der Waals surface area (Å²) in [5, 5.41) is 2.93. The van der Waals surface area contributed by atoms with E-state index in [2.05, 4.69) is 26.2 Å². The molecule has 2 fully saturated rings. The van der Waals surface area contributed by atoms with E-state index in [0.29, 0.717) is 17.6 Å². The second kappa shape index (κ2) is 5.65. The highest BCUT2D eigenvalue weighted by atomic mass is 79.9. The molecule has 1 atom stereocenters. The summed E-state index contributed by atoms with van der Waals surface area (Å²) in [5.74, 6) is -0.353. The smallest absolute Gasteiger partial charge is 0.245 e. The Morgan fingerprint density at radius 3 is 3.05 bits per heavy atom. The van der Waals surface area contributed by atoms with Crippen LogP contribution < -0.4 is 10.2 Å². The molecule has 0 bridgehead atoms. The van der Waals surface area contributed by atoms with Gasteiger partial charge in [0.2, 0.25) is 5.91 Å². The van der Waals surface area contributed by atoms with Crippen molar-refractivity contribution in [3.8, 4) is 0 Å². The van der Waals surface area contributed by atoms with Crippen LogP contribution in [0.25, 0.3) is 0 Å². The van der Waals surface area contributed by atoms with Crippen molar-refractivity contribution in [3.05, 3.63) is 22.6 Å². The molecule has 5 nitrogen and oxygen atoms in total. The molecule has 20 heavy (non-hydrogen) atoms. The van der Waals surface area contributed by atoms with Crippen molar-refractivity contribution in [1.29, 1.82) is 0 Å². The molecule has 1 amide bonds. The maximum atomic E-state index is 14.0. The molecule has 0 spiro atoms. The minimum atomic E-state index is -0.521. The highest BCUT2D eigenvalue weighted by Crippen LogP contribution is 2.25. The van der Waals surface area contributed by atoms with Crippen LogP contribution in [0.3, 0.4) is 0 Å². The number of aromatic nitrogens is 1. The summed E-state index contributed by atoms with van der Waals surface area (Å²) >= 11 is 3.18. The van der Waals surface area contributed by atoms with E-state index in [1.54, 1.807) is 4.90 Å². The van der Waals surface area contributed by atoms with Crippen LogP contribution in [0.15, 0.2) is 16.7 Å². The Kier molecular flexibility index (Phi) is 3.89. The Hall–Kier alpha value is -1.21. The lowest BCUT2D eigenvalue weighted by Crippen LogP contribution is -2.55. The second-order valence-corrected chi connectivity index (χ2v) is 5.94. The number of anilines is 1. The molecule has 1 saturated carbocycles. The van der Waals surface area contributed by atoms with Gasteiger partial charge in [-0.2, -0.15) is 0 Å². The molecule has 7 heteroatoms. The quantitative estimate of drug-likeness (QED) is 0.902. The molecule has 108 valence electrons. The summed E-state index contributed by atoms with van der Waals surface area (Å²) in [5.41, 5.74) is 0. The van der Waals surface area contributed by atoms with Gasteiger partial charge < -0.3 is 15.0 Å². The largest absolute Gasteiger partial charge is 0.377 e. The monoisotopic (exact) mass is 343 g/mol. The zero-order valence-corrected chi connectivity index (χ0v) is 12.4. The van der Waals surface area contributed by atoms with Crippen LogP contribution in [0.1, 0.15) is 12.8 Å². The van der Waals surface area contributed by atoms with E-state index in [-0.39, 0.29) is 24.4 Å². The number of carbonyl (C=O) groups excluding carboxylic acids is 1. The van der Waals surface area contributed by atoms with Gasteiger partial charge in [-0.15, -0.1) is 0 Å². The van der Waals surface area contributed by atoms with Crippen molar-refractivity contribution in [2.75, 3.05) is 24.7 Å². The highest BCUT2D eigenvalue weighted by molar-refractivity contribution is 9.10. The summed E-state index contributed by atoms with van der Waals surface area (Å²) in [7, 11) is 0. The summed E-state index contributed by atoms with van der Waals surface area (Å²) in [6.07, 6.45) is 3.57. The molecule has 1 aliphatic heterocycles. The van der Waals surface area contributed by atoms with Gasteiger partial charge in [0, 0.05) is 23.3 Å². The van der Waals surface area contributed by atoms with Crippen molar-refractivity contribution >= 4 is 27.7 Å². The van der Waals surface area contributed by atoms with Crippen molar-refractivity contribution in [3.63, 3.8) is 0 Å². The van der Waals surface area contributed by atoms with Gasteiger partial charge in [-0.3, -0.25) is 4.79 Å². The Morgan fingerprint density at radius 1 is 1.55 bits per heavy atom. The van der Waals surface area contributed by atoms with Gasteiger partial charge in [-0.25, -0.2) is 9.37 Å². The van der Waals surface area contributed by atoms with Crippen LogP contribution in [-0.4, -0.2) is 42.7 Å². The van der Waals surface area contributed by atoms with E-state index in [1.807, 2.05) is 0 Å². The number of rotatable bonds is 3. The number of amides is 1. The van der Waals surface area contributed by atoms with Gasteiger partial charge in [0.25, 0.3) is 0 Å². The minimum Gasteiger partial charge on any atom is -0.377 e. The number of carbonyl (C=O) groups is 1. The SMILES string of the molecule is O=C(NC1CC1)C1COCCN1c1ncc(Br)cc1F. The number of halogens is 2. The van der Waals surface area contributed by atoms with Crippen LogP contribution in [0.5, 0.6) is 0 Å². The molecular formula is C13H15BrFN3O2. The molecule has 1 aliphatic carbocycles. The van der Waals surface area contributed by atoms with E-state index in [4.69, 9.17) is 4.74 Å². The molecule has 1 saturated heterocycles. The lowest BCUT2D eigenvalue weighted by atomic mass is 10.2. The summed E-state index contributed by atoms with van der Waals surface area (Å²) in [4.78, 5) is 18.0. The Labute approximate surface area is 124 Å². The molecule has 2 aliphatic rings. The van der Waals surface area contributed by atoms with Crippen LogP contribution in [0.2, 0.25) is 0 Å². The fraction of sp³-hybridized carbons (Fsp3) is 0.538. The van der Waals surface area contributed by atoms with E-state index < -0.39 is 11.9 Å². The van der Waals surface area contributed by atoms with Crippen molar-refractivity contribution < 1.29 is 13.9 Å². The van der Waals surface area contributed by atoms with Crippen LogP contribution in [0, 0.1) is 5.82 Å². The van der Waals surface area contributed by atoms with E-state index in [0.717, 1.165) is 12.8 Å². The Morgan fingerprint density at radius 2 is 2.35 bits per heavy atom. The van der Waals surface area contributed by atoms with Gasteiger partial charge in [0.1, 0.15) is 6.04 Å². The third-order valence-electron chi connectivity index (χ3n) is 3.42. The molecule has 2 heterocycles. The summed E-state index contributed by atoms with van der Waals surface area (Å²) in [6, 6.07) is 1.11. The fourth-order valence-corrected chi connectivity index (χ4v) is 2.52. The normalized spacial score (nSPS) is 22.7. The predicted octanol–water partition coefficient (Wildman–Crippen LogP) is 1.47. The van der Waals surface area contributed by atoms with Crippen molar-refractivity contribution in [2.24, 2.45) is 0 Å². The first-order valence-electron chi connectivity index (χ1n) is 6.61. The minimum absolute atomic E-state index is 0.115. The average molecular weight is 344 g/mol. The third kappa shape index (κ3) is 2.93. The first-order chi connectivity index (χ1) is 9.65. The number of pyridine rings is 1. The van der Waals surface area contributed by atoms with Gasteiger partial charge in [-0.1, -0.05) is 0 Å². The zero-order chi connectivity index (χ0) is 14.1. The number of hydrogen-bond acceptors (Lipinski definition) is 4. The number of morpholine rings is 1. The van der Waals surface area contributed by atoms with Gasteiger partial charge in [0.15, 0.2) is 11.6 Å². The topological polar surface area (TPSA) is 54.5 Å². The summed E-state index contributed by atoms with van der Waals surface area (Å²) in [6.45, 7) is 1.18. The van der Waals surface area contributed by atoms with Crippen LogP contribution >= 0.6 is 15.9 Å². The molecule has 1 unspecified atom stereocenters. The van der Waals surface area contributed by atoms with Crippen LogP contribution in [-0.2, 0) is 9.53 Å². The lowest BCUT2D eigenvalue weighted by Gasteiger charge is -2.35. The maximum Gasteiger partial charge on any atom is 0.245 e. The fourth-order valence-electron chi connectivity index (χ4n) is 2.22. The average Bonchev–Trinajstić information content (AvgIpc) is 3.23. The number of nitrogens with zero attached hydrogens (tertiary/aromatic N) is 2. The number of ether oxygens (including phenoxy) is 1. The molecule has 0 aromatic carbocycles. The first-order valence-corrected chi connectivity index (χ1v) is 7.40. The lowest BCUT2D eigenvalue weighted by molar-refractivity contribution is -0.124. The molecule has 1 aromatic heterocycles. The Balaban J connectivity index is 1.81. The van der Waals surface area contributed by atoms with Crippen LogP contribution in [0.4, 0.5) is 10.2 Å². The van der Waals surface area contributed by atoms with E-state index >= 15 is 0 Å². The van der Waals surface area contributed by atoms with E-state index in [9.17, 15) is 9.18 Å². The van der Waals surface area contributed by atoms with Gasteiger partial charge >= 0.3 is 0 Å². The third-order valence-corrected chi connectivity index (χ3v) is 3.85. The molecule has 1 aromatic rings. The summed E-state index contributed by atoms with van der Waals surface area (Å²) < 4.78 is 20.0. The van der Waals surface area contributed by atoms with E-state index in [1.165, 1.54) is 12.3 Å². The molecular weight excluding hydrogens is 329 g/mol. The predicted molar refractivity (Wildman–Crippen MR) is 75.0 cm³/mol.